The normalized spacial score (nSPS) is 20.7. The number of ether oxygens (including phenoxy) is 2. The molecule has 2 unspecified atom stereocenters. The Morgan fingerprint density at radius 1 is 1.11 bits per heavy atom. The minimum absolute atomic E-state index is 0.0715. The molecule has 2 aromatic carbocycles. The Kier molecular flexibility index (Phi) is 8.57. The van der Waals surface area contributed by atoms with E-state index in [1.165, 1.54) is 25.3 Å². The molecule has 0 aromatic heterocycles. The minimum Gasteiger partial charge on any atom is -0.494 e. The van der Waals surface area contributed by atoms with Crippen LogP contribution in [0.2, 0.25) is 0 Å². The Balaban J connectivity index is 1.42. The molecule has 1 fully saturated rings. The van der Waals surface area contributed by atoms with Crippen LogP contribution in [-0.4, -0.2) is 48.8 Å². The molecular weight excluding hydrogens is 469 g/mol. The summed E-state index contributed by atoms with van der Waals surface area (Å²) in [5, 5.41) is 3.54. The fourth-order valence-corrected chi connectivity index (χ4v) is 5.22. The lowest BCUT2D eigenvalue weighted by atomic mass is 9.87. The topological polar surface area (TPSA) is 50.8 Å². The SMILES string of the molecule is CC(C)N1CCc2cc(OC(=O)C(F)(F)F)ccc2C1Cc1ccc(OCCC2CCCCN2)cc1. The van der Waals surface area contributed by atoms with Crippen LogP contribution in [0.3, 0.4) is 0 Å². The quantitative estimate of drug-likeness (QED) is 0.374. The maximum absolute atomic E-state index is 12.6. The summed E-state index contributed by atoms with van der Waals surface area (Å²) in [6, 6.07) is 13.9. The van der Waals surface area contributed by atoms with Crippen LogP contribution in [0.1, 0.15) is 62.3 Å². The first kappa shape index (κ1) is 26.5. The van der Waals surface area contributed by atoms with E-state index in [2.05, 4.69) is 40.9 Å². The Hall–Kier alpha value is -2.58. The number of hydrogen-bond donors (Lipinski definition) is 1. The molecule has 5 nitrogen and oxygen atoms in total. The van der Waals surface area contributed by atoms with E-state index in [1.54, 1.807) is 12.1 Å². The van der Waals surface area contributed by atoms with Crippen LogP contribution in [0, 0.1) is 0 Å². The van der Waals surface area contributed by atoms with E-state index in [1.807, 2.05) is 12.1 Å². The van der Waals surface area contributed by atoms with Crippen LogP contribution in [-0.2, 0) is 17.6 Å². The van der Waals surface area contributed by atoms with Gasteiger partial charge in [-0.3, -0.25) is 4.90 Å². The van der Waals surface area contributed by atoms with Gasteiger partial charge in [0.2, 0.25) is 0 Å². The summed E-state index contributed by atoms with van der Waals surface area (Å²) in [7, 11) is 0. The van der Waals surface area contributed by atoms with Gasteiger partial charge in [-0.25, -0.2) is 4.79 Å². The number of fused-ring (bicyclic) bond motifs is 1. The van der Waals surface area contributed by atoms with Crippen LogP contribution in [0.5, 0.6) is 11.5 Å². The first-order valence-electron chi connectivity index (χ1n) is 12.8. The van der Waals surface area contributed by atoms with Crippen LogP contribution in [0.4, 0.5) is 13.2 Å². The van der Waals surface area contributed by atoms with Crippen LogP contribution in [0.15, 0.2) is 42.5 Å². The van der Waals surface area contributed by atoms with Gasteiger partial charge in [0.1, 0.15) is 11.5 Å². The fraction of sp³-hybridized carbons (Fsp3) is 0.536. The second-order valence-corrected chi connectivity index (χ2v) is 9.98. The van der Waals surface area contributed by atoms with Crippen molar-refractivity contribution in [3.05, 3.63) is 59.2 Å². The molecule has 0 spiro atoms. The molecule has 2 aliphatic rings. The molecule has 2 atom stereocenters. The summed E-state index contributed by atoms with van der Waals surface area (Å²) in [4.78, 5) is 13.7. The second kappa shape index (κ2) is 11.6. The van der Waals surface area contributed by atoms with Gasteiger partial charge in [0.05, 0.1) is 6.61 Å². The molecular formula is C28H35F3N2O3. The van der Waals surface area contributed by atoms with Gasteiger partial charge in [-0.05, 0) is 93.5 Å². The standard InChI is InChI=1S/C28H35F3N2O3/c1-19(2)33-15-12-21-18-24(36-27(34)28(29,30)31)10-11-25(21)26(33)17-20-6-8-23(9-7-20)35-16-13-22-5-3-4-14-32-22/h6-11,18-19,22,26,32H,3-5,12-17H2,1-2H3. The van der Waals surface area contributed by atoms with Crippen LogP contribution < -0.4 is 14.8 Å². The van der Waals surface area contributed by atoms with Gasteiger partial charge in [0.25, 0.3) is 0 Å². The number of carbonyl (C=O) groups excluding carboxylic acids is 1. The average Bonchev–Trinajstić information content (AvgIpc) is 2.85. The average molecular weight is 505 g/mol. The lowest BCUT2D eigenvalue weighted by molar-refractivity contribution is -0.189. The van der Waals surface area contributed by atoms with E-state index in [0.29, 0.717) is 25.1 Å². The number of rotatable bonds is 8. The molecule has 2 heterocycles. The van der Waals surface area contributed by atoms with Gasteiger partial charge in [-0.1, -0.05) is 24.6 Å². The summed E-state index contributed by atoms with van der Waals surface area (Å²) in [5.41, 5.74) is 3.13. The zero-order chi connectivity index (χ0) is 25.7. The van der Waals surface area contributed by atoms with Gasteiger partial charge in [-0.2, -0.15) is 13.2 Å². The number of piperidine rings is 1. The van der Waals surface area contributed by atoms with Crippen molar-refractivity contribution in [1.29, 1.82) is 0 Å². The van der Waals surface area contributed by atoms with Gasteiger partial charge >= 0.3 is 12.1 Å². The molecule has 196 valence electrons. The number of halogens is 3. The Bertz CT molecular complexity index is 1020. The highest BCUT2D eigenvalue weighted by molar-refractivity contribution is 5.78. The zero-order valence-electron chi connectivity index (χ0n) is 20.9. The van der Waals surface area contributed by atoms with Crippen molar-refractivity contribution >= 4 is 5.97 Å². The number of nitrogens with zero attached hydrogens (tertiary/aromatic N) is 1. The van der Waals surface area contributed by atoms with Crippen molar-refractivity contribution in [2.24, 2.45) is 0 Å². The smallest absolute Gasteiger partial charge is 0.491 e. The predicted molar refractivity (Wildman–Crippen MR) is 132 cm³/mol. The monoisotopic (exact) mass is 504 g/mol. The van der Waals surface area contributed by atoms with Gasteiger partial charge in [0.15, 0.2) is 0 Å². The van der Waals surface area contributed by atoms with Crippen molar-refractivity contribution in [3.8, 4) is 11.5 Å². The molecule has 8 heteroatoms. The van der Waals surface area contributed by atoms with Gasteiger partial charge in [0, 0.05) is 24.7 Å². The zero-order valence-corrected chi connectivity index (χ0v) is 20.9. The van der Waals surface area contributed by atoms with Gasteiger partial charge < -0.3 is 14.8 Å². The summed E-state index contributed by atoms with van der Waals surface area (Å²) in [5.74, 6) is -1.41. The van der Waals surface area contributed by atoms with E-state index in [4.69, 9.17) is 4.74 Å². The van der Waals surface area contributed by atoms with E-state index in [9.17, 15) is 18.0 Å². The van der Waals surface area contributed by atoms with E-state index in [-0.39, 0.29) is 11.8 Å². The highest BCUT2D eigenvalue weighted by Gasteiger charge is 2.41. The Morgan fingerprint density at radius 2 is 1.86 bits per heavy atom. The first-order valence-corrected chi connectivity index (χ1v) is 12.8. The maximum atomic E-state index is 12.6. The molecule has 0 bridgehead atoms. The molecule has 4 rings (SSSR count). The van der Waals surface area contributed by atoms with Crippen molar-refractivity contribution in [2.45, 2.75) is 76.7 Å². The van der Waals surface area contributed by atoms with E-state index in [0.717, 1.165) is 48.4 Å². The highest BCUT2D eigenvalue weighted by atomic mass is 19.4. The number of esters is 1. The molecule has 2 aromatic rings. The molecule has 2 aliphatic heterocycles. The number of benzene rings is 2. The number of alkyl halides is 3. The largest absolute Gasteiger partial charge is 0.494 e. The molecule has 0 radical (unpaired) electrons. The molecule has 1 N–H and O–H groups in total. The Labute approximate surface area is 211 Å². The van der Waals surface area contributed by atoms with Crippen molar-refractivity contribution in [1.82, 2.24) is 10.2 Å². The lowest BCUT2D eigenvalue weighted by Gasteiger charge is -2.40. The first-order chi connectivity index (χ1) is 17.2. The summed E-state index contributed by atoms with van der Waals surface area (Å²) >= 11 is 0. The molecule has 0 amide bonds. The Morgan fingerprint density at radius 3 is 2.53 bits per heavy atom. The third kappa shape index (κ3) is 6.79. The van der Waals surface area contributed by atoms with Crippen molar-refractivity contribution in [2.75, 3.05) is 19.7 Å². The summed E-state index contributed by atoms with van der Waals surface area (Å²) in [6.07, 6.45) is 1.18. The van der Waals surface area contributed by atoms with E-state index >= 15 is 0 Å². The molecule has 0 saturated carbocycles. The third-order valence-electron chi connectivity index (χ3n) is 7.12. The lowest BCUT2D eigenvalue weighted by Crippen LogP contribution is -2.41. The molecule has 1 saturated heterocycles. The maximum Gasteiger partial charge on any atom is 0.491 e. The number of carbonyl (C=O) groups is 1. The van der Waals surface area contributed by atoms with Crippen LogP contribution in [0.25, 0.3) is 0 Å². The molecule has 36 heavy (non-hydrogen) atoms. The molecule has 0 aliphatic carbocycles. The van der Waals surface area contributed by atoms with Gasteiger partial charge in [-0.15, -0.1) is 0 Å². The predicted octanol–water partition coefficient (Wildman–Crippen LogP) is 5.62. The highest BCUT2D eigenvalue weighted by Crippen LogP contribution is 2.36. The van der Waals surface area contributed by atoms with Crippen molar-refractivity contribution < 1.29 is 27.4 Å². The summed E-state index contributed by atoms with van der Waals surface area (Å²) in [6.45, 7) is 6.86. The number of hydrogen-bond acceptors (Lipinski definition) is 5. The van der Waals surface area contributed by atoms with Crippen molar-refractivity contribution in [3.63, 3.8) is 0 Å². The third-order valence-corrected chi connectivity index (χ3v) is 7.12. The second-order valence-electron chi connectivity index (χ2n) is 9.98. The minimum atomic E-state index is -5.02. The van der Waals surface area contributed by atoms with E-state index < -0.39 is 12.1 Å². The summed E-state index contributed by atoms with van der Waals surface area (Å²) < 4.78 is 48.4. The van der Waals surface area contributed by atoms with Crippen LogP contribution >= 0.6 is 0 Å². The number of nitrogens with one attached hydrogen (secondary N) is 1. The fourth-order valence-electron chi connectivity index (χ4n) is 5.22.